The third-order valence-electron chi connectivity index (χ3n) is 7.56. The summed E-state index contributed by atoms with van der Waals surface area (Å²) < 4.78 is 47.7. The summed E-state index contributed by atoms with van der Waals surface area (Å²) in [6.07, 6.45) is -0.550. The Bertz CT molecular complexity index is 1360. The van der Waals surface area contributed by atoms with E-state index in [1.165, 1.54) is 22.6 Å². The molecule has 0 unspecified atom stereocenters. The van der Waals surface area contributed by atoms with Gasteiger partial charge in [-0.05, 0) is 95.9 Å². The van der Waals surface area contributed by atoms with Gasteiger partial charge >= 0.3 is 6.18 Å². The summed E-state index contributed by atoms with van der Waals surface area (Å²) in [6, 6.07) is 30.5. The standard InChI is InChI=1S/C33H32F3NOS/c1-39-31-13-11-26(12-14-31)25-7-9-27(10-8-25)28-19-24(20-30(21-28)33(34,35)36)22-38-23-32(15-17-37-18-16-32)29-5-3-2-4-6-29/h2-14,19-21,37H,15-18,22-23H2,1H3. The van der Waals surface area contributed by atoms with Gasteiger partial charge in [-0.2, -0.15) is 13.2 Å². The molecule has 4 aromatic rings. The van der Waals surface area contributed by atoms with Crippen LogP contribution < -0.4 is 5.32 Å². The Balaban J connectivity index is 1.37. The van der Waals surface area contributed by atoms with Gasteiger partial charge in [-0.1, -0.05) is 66.7 Å². The van der Waals surface area contributed by atoms with Gasteiger partial charge in [0.2, 0.25) is 0 Å². The van der Waals surface area contributed by atoms with Gasteiger partial charge < -0.3 is 10.1 Å². The molecule has 1 fully saturated rings. The Kier molecular flexibility index (Phi) is 8.46. The lowest BCUT2D eigenvalue weighted by molar-refractivity contribution is -0.137. The van der Waals surface area contributed by atoms with E-state index in [4.69, 9.17) is 4.74 Å². The molecule has 1 saturated heterocycles. The van der Waals surface area contributed by atoms with Crippen molar-refractivity contribution in [2.45, 2.75) is 35.9 Å². The van der Waals surface area contributed by atoms with Crippen molar-refractivity contribution in [3.05, 3.63) is 114 Å². The van der Waals surface area contributed by atoms with Gasteiger partial charge in [-0.25, -0.2) is 0 Å². The third-order valence-corrected chi connectivity index (χ3v) is 8.30. The maximum absolute atomic E-state index is 13.9. The van der Waals surface area contributed by atoms with E-state index in [1.54, 1.807) is 11.8 Å². The Morgan fingerprint density at radius 1 is 0.769 bits per heavy atom. The molecule has 0 amide bonds. The summed E-state index contributed by atoms with van der Waals surface area (Å²) in [4.78, 5) is 1.18. The molecule has 1 aliphatic heterocycles. The van der Waals surface area contributed by atoms with Crippen LogP contribution in [0.5, 0.6) is 0 Å². The van der Waals surface area contributed by atoms with Gasteiger partial charge in [-0.3, -0.25) is 0 Å². The minimum Gasteiger partial charge on any atom is -0.376 e. The average Bonchev–Trinajstić information content (AvgIpc) is 2.98. The van der Waals surface area contributed by atoms with E-state index in [1.807, 2.05) is 54.8 Å². The molecule has 2 nitrogen and oxygen atoms in total. The fourth-order valence-electron chi connectivity index (χ4n) is 5.32. The summed E-state index contributed by atoms with van der Waals surface area (Å²) in [5, 5.41) is 3.40. The molecule has 39 heavy (non-hydrogen) atoms. The van der Waals surface area contributed by atoms with Crippen LogP contribution >= 0.6 is 11.8 Å². The Labute approximate surface area is 232 Å². The first-order chi connectivity index (χ1) is 18.9. The molecule has 0 saturated carbocycles. The van der Waals surface area contributed by atoms with Crippen LogP contribution in [-0.2, 0) is 22.9 Å². The number of halogens is 3. The molecule has 4 aromatic carbocycles. The zero-order chi connectivity index (χ0) is 27.3. The second kappa shape index (κ2) is 12.0. The Hall–Kier alpha value is -3.06. The highest BCUT2D eigenvalue weighted by Gasteiger charge is 2.34. The van der Waals surface area contributed by atoms with Gasteiger partial charge in [0.1, 0.15) is 0 Å². The summed E-state index contributed by atoms with van der Waals surface area (Å²) in [7, 11) is 0. The molecule has 1 aliphatic rings. The van der Waals surface area contributed by atoms with Crippen LogP contribution in [0, 0.1) is 0 Å². The van der Waals surface area contributed by atoms with E-state index in [0.717, 1.165) is 42.6 Å². The molecule has 202 valence electrons. The molecule has 1 heterocycles. The third kappa shape index (κ3) is 6.57. The van der Waals surface area contributed by atoms with Gasteiger partial charge in [0.25, 0.3) is 0 Å². The van der Waals surface area contributed by atoms with Crippen LogP contribution in [0.25, 0.3) is 22.3 Å². The summed E-state index contributed by atoms with van der Waals surface area (Å²) >= 11 is 1.68. The zero-order valence-electron chi connectivity index (χ0n) is 21.9. The molecule has 6 heteroatoms. The number of alkyl halides is 3. The van der Waals surface area contributed by atoms with E-state index in [0.29, 0.717) is 17.7 Å². The zero-order valence-corrected chi connectivity index (χ0v) is 22.7. The molecule has 0 radical (unpaired) electrons. The fourth-order valence-corrected chi connectivity index (χ4v) is 5.73. The summed E-state index contributed by atoms with van der Waals surface area (Å²) in [6.45, 7) is 2.38. The minimum absolute atomic E-state index is 0.124. The highest BCUT2D eigenvalue weighted by atomic mass is 32.2. The lowest BCUT2D eigenvalue weighted by Crippen LogP contribution is -2.43. The van der Waals surface area contributed by atoms with Crippen LogP contribution in [0.15, 0.2) is 102 Å². The highest BCUT2D eigenvalue weighted by molar-refractivity contribution is 7.98. The summed E-state index contributed by atoms with van der Waals surface area (Å²) in [5.74, 6) is 0. The first kappa shape index (κ1) is 27.5. The average molecular weight is 548 g/mol. The smallest absolute Gasteiger partial charge is 0.376 e. The van der Waals surface area contributed by atoms with E-state index >= 15 is 0 Å². The van der Waals surface area contributed by atoms with Crippen molar-refractivity contribution in [1.29, 1.82) is 0 Å². The van der Waals surface area contributed by atoms with E-state index in [-0.39, 0.29) is 12.0 Å². The van der Waals surface area contributed by atoms with Crippen molar-refractivity contribution in [2.24, 2.45) is 0 Å². The molecule has 0 bridgehead atoms. The van der Waals surface area contributed by atoms with Crippen molar-refractivity contribution in [2.75, 3.05) is 26.0 Å². The van der Waals surface area contributed by atoms with Crippen LogP contribution in [-0.4, -0.2) is 26.0 Å². The van der Waals surface area contributed by atoms with Gasteiger partial charge in [0.05, 0.1) is 18.8 Å². The Morgan fingerprint density at radius 2 is 1.36 bits per heavy atom. The van der Waals surface area contributed by atoms with Crippen LogP contribution in [0.3, 0.4) is 0 Å². The SMILES string of the molecule is CSc1ccc(-c2ccc(-c3cc(COCC4(c5ccccc5)CCNCC4)cc(C(F)(F)F)c3)cc2)cc1. The van der Waals surface area contributed by atoms with Crippen molar-refractivity contribution in [1.82, 2.24) is 5.32 Å². The van der Waals surface area contributed by atoms with E-state index in [9.17, 15) is 13.2 Å². The molecular weight excluding hydrogens is 515 g/mol. The second-order valence-corrected chi connectivity index (χ2v) is 11.0. The quantitative estimate of drug-likeness (QED) is 0.223. The molecule has 0 aromatic heterocycles. The molecular formula is C33H32F3NOS. The van der Waals surface area contributed by atoms with Crippen molar-refractivity contribution in [3.63, 3.8) is 0 Å². The molecule has 5 rings (SSSR count). The van der Waals surface area contributed by atoms with Crippen molar-refractivity contribution < 1.29 is 17.9 Å². The first-order valence-corrected chi connectivity index (χ1v) is 14.4. The number of thioether (sulfide) groups is 1. The molecule has 0 spiro atoms. The predicted molar refractivity (Wildman–Crippen MR) is 154 cm³/mol. The fraction of sp³-hybridized carbons (Fsp3) is 0.273. The number of piperidine rings is 1. The number of ether oxygens (including phenoxy) is 1. The largest absolute Gasteiger partial charge is 0.416 e. The number of nitrogens with one attached hydrogen (secondary N) is 1. The number of hydrogen-bond acceptors (Lipinski definition) is 3. The molecule has 0 atom stereocenters. The topological polar surface area (TPSA) is 21.3 Å². The second-order valence-electron chi connectivity index (χ2n) is 10.1. The van der Waals surface area contributed by atoms with E-state index < -0.39 is 11.7 Å². The molecule has 0 aliphatic carbocycles. The summed E-state index contributed by atoms with van der Waals surface area (Å²) in [5.41, 5.74) is 4.32. The highest BCUT2D eigenvalue weighted by Crippen LogP contribution is 2.36. The van der Waals surface area contributed by atoms with Crippen LogP contribution in [0.4, 0.5) is 13.2 Å². The van der Waals surface area contributed by atoms with Crippen molar-refractivity contribution in [3.8, 4) is 22.3 Å². The Morgan fingerprint density at radius 3 is 1.95 bits per heavy atom. The van der Waals surface area contributed by atoms with Gasteiger partial charge in [0, 0.05) is 10.3 Å². The maximum Gasteiger partial charge on any atom is 0.416 e. The maximum atomic E-state index is 13.9. The lowest BCUT2D eigenvalue weighted by Gasteiger charge is -2.38. The first-order valence-electron chi connectivity index (χ1n) is 13.2. The predicted octanol–water partition coefficient (Wildman–Crippen LogP) is 8.60. The molecule has 1 N–H and O–H groups in total. The van der Waals surface area contributed by atoms with E-state index in [2.05, 4.69) is 41.7 Å². The van der Waals surface area contributed by atoms with Crippen LogP contribution in [0.1, 0.15) is 29.5 Å². The number of benzene rings is 4. The minimum atomic E-state index is -4.44. The van der Waals surface area contributed by atoms with Gasteiger partial charge in [-0.15, -0.1) is 11.8 Å². The van der Waals surface area contributed by atoms with Crippen LogP contribution in [0.2, 0.25) is 0 Å². The van der Waals surface area contributed by atoms with Crippen molar-refractivity contribution >= 4 is 11.8 Å². The lowest BCUT2D eigenvalue weighted by atomic mass is 9.74. The number of hydrogen-bond donors (Lipinski definition) is 1. The van der Waals surface area contributed by atoms with Gasteiger partial charge in [0.15, 0.2) is 0 Å². The monoisotopic (exact) mass is 547 g/mol. The normalized spacial score (nSPS) is 15.3. The number of rotatable bonds is 8.